The van der Waals surface area contributed by atoms with E-state index in [0.29, 0.717) is 0 Å². The summed E-state index contributed by atoms with van der Waals surface area (Å²) in [6, 6.07) is 1.30. The van der Waals surface area contributed by atoms with Gasteiger partial charge in [-0.3, -0.25) is 14.2 Å². The Labute approximate surface area is 155 Å². The quantitative estimate of drug-likeness (QED) is 0.750. The summed E-state index contributed by atoms with van der Waals surface area (Å²) in [5.41, 5.74) is 2.22. The van der Waals surface area contributed by atoms with Gasteiger partial charge in [0.25, 0.3) is 0 Å². The molecule has 1 aromatic rings. The Morgan fingerprint density at radius 2 is 1.81 bits per heavy atom. The SMILES string of the molecule is CC(C)C(=O)O[C@H]1O[C@@H](n2ccc(N)nc2=O)[C@](C)(F)[C@@H]1OC(=O)C(C)C. The van der Waals surface area contributed by atoms with Gasteiger partial charge in [0.05, 0.1) is 11.8 Å². The van der Waals surface area contributed by atoms with E-state index in [-0.39, 0.29) is 5.82 Å². The summed E-state index contributed by atoms with van der Waals surface area (Å²) in [6.45, 7) is 7.44. The maximum absolute atomic E-state index is 15.6. The normalized spacial score (nSPS) is 27.8. The Balaban J connectivity index is 2.41. The molecule has 0 bridgehead atoms. The zero-order chi connectivity index (χ0) is 20.5. The van der Waals surface area contributed by atoms with E-state index in [2.05, 4.69) is 4.98 Å². The third kappa shape index (κ3) is 4.26. The number of nitrogens with zero attached hydrogens (tertiary/aromatic N) is 2. The highest BCUT2D eigenvalue weighted by Crippen LogP contribution is 2.43. The number of halogens is 1. The summed E-state index contributed by atoms with van der Waals surface area (Å²) in [6.07, 6.45) is -3.41. The lowest BCUT2D eigenvalue weighted by atomic mass is 10.0. The number of rotatable bonds is 5. The molecule has 0 radical (unpaired) electrons. The molecule has 0 spiro atoms. The minimum absolute atomic E-state index is 0.0413. The second-order valence-electron chi connectivity index (χ2n) is 7.15. The number of hydrogen-bond donors (Lipinski definition) is 1. The van der Waals surface area contributed by atoms with Crippen molar-refractivity contribution in [3.05, 3.63) is 22.7 Å². The zero-order valence-corrected chi connectivity index (χ0v) is 15.8. The van der Waals surface area contributed by atoms with Crippen molar-refractivity contribution < 1.29 is 28.2 Å². The Hall–Kier alpha value is -2.49. The molecule has 9 nitrogen and oxygen atoms in total. The van der Waals surface area contributed by atoms with Crippen LogP contribution in [0.25, 0.3) is 0 Å². The van der Waals surface area contributed by atoms with Gasteiger partial charge < -0.3 is 19.9 Å². The summed E-state index contributed by atoms with van der Waals surface area (Å²) in [5, 5.41) is 0. The topological polar surface area (TPSA) is 123 Å². The highest BCUT2D eigenvalue weighted by atomic mass is 19.1. The van der Waals surface area contributed by atoms with Gasteiger partial charge in [-0.15, -0.1) is 0 Å². The van der Waals surface area contributed by atoms with Crippen LogP contribution in [0.15, 0.2) is 17.1 Å². The number of nitrogen functional groups attached to an aromatic ring is 1. The first-order chi connectivity index (χ1) is 12.4. The molecule has 1 saturated heterocycles. The second-order valence-corrected chi connectivity index (χ2v) is 7.15. The van der Waals surface area contributed by atoms with E-state index in [4.69, 9.17) is 19.9 Å². The maximum atomic E-state index is 15.6. The van der Waals surface area contributed by atoms with E-state index in [0.717, 1.165) is 11.5 Å². The van der Waals surface area contributed by atoms with Gasteiger partial charge in [-0.1, -0.05) is 27.7 Å². The summed E-state index contributed by atoms with van der Waals surface area (Å²) in [4.78, 5) is 39.6. The van der Waals surface area contributed by atoms with E-state index < -0.39 is 53.8 Å². The molecular formula is C17H24FN3O6. The molecule has 150 valence electrons. The fourth-order valence-corrected chi connectivity index (χ4v) is 2.45. The largest absolute Gasteiger partial charge is 0.452 e. The molecule has 0 aliphatic carbocycles. The number of hydrogen-bond acceptors (Lipinski definition) is 8. The number of anilines is 1. The summed E-state index contributed by atoms with van der Waals surface area (Å²) in [7, 11) is 0. The summed E-state index contributed by atoms with van der Waals surface area (Å²) < 4.78 is 32.4. The van der Waals surface area contributed by atoms with Crippen molar-refractivity contribution in [2.24, 2.45) is 11.8 Å². The van der Waals surface area contributed by atoms with E-state index in [9.17, 15) is 14.4 Å². The molecule has 1 aliphatic rings. The van der Waals surface area contributed by atoms with Crippen molar-refractivity contribution in [3.8, 4) is 0 Å². The van der Waals surface area contributed by atoms with Crippen LogP contribution in [0, 0.1) is 11.8 Å². The third-order valence-electron chi connectivity index (χ3n) is 4.07. The maximum Gasteiger partial charge on any atom is 0.351 e. The van der Waals surface area contributed by atoms with Gasteiger partial charge in [-0.05, 0) is 13.0 Å². The van der Waals surface area contributed by atoms with Crippen molar-refractivity contribution >= 4 is 17.8 Å². The molecule has 1 aliphatic heterocycles. The van der Waals surface area contributed by atoms with Crippen LogP contribution in [-0.4, -0.2) is 39.6 Å². The van der Waals surface area contributed by atoms with E-state index >= 15 is 4.39 Å². The molecule has 0 amide bonds. The first kappa shape index (κ1) is 20.8. The van der Waals surface area contributed by atoms with Crippen LogP contribution in [0.2, 0.25) is 0 Å². The van der Waals surface area contributed by atoms with Crippen LogP contribution in [-0.2, 0) is 23.8 Å². The van der Waals surface area contributed by atoms with Crippen LogP contribution in [0.1, 0.15) is 40.8 Å². The van der Waals surface area contributed by atoms with Crippen molar-refractivity contribution in [3.63, 3.8) is 0 Å². The molecule has 4 atom stereocenters. The molecule has 1 fully saturated rings. The van der Waals surface area contributed by atoms with Crippen molar-refractivity contribution in [2.45, 2.75) is 58.9 Å². The minimum Gasteiger partial charge on any atom is -0.452 e. The Morgan fingerprint density at radius 1 is 1.26 bits per heavy atom. The lowest BCUT2D eigenvalue weighted by Crippen LogP contribution is -2.46. The molecule has 10 heteroatoms. The molecule has 2 heterocycles. The number of ether oxygens (including phenoxy) is 3. The monoisotopic (exact) mass is 385 g/mol. The van der Waals surface area contributed by atoms with Crippen LogP contribution in [0.4, 0.5) is 10.2 Å². The average molecular weight is 385 g/mol. The number of carbonyl (C=O) groups is 2. The first-order valence-corrected chi connectivity index (χ1v) is 8.55. The molecule has 0 aromatic carbocycles. The van der Waals surface area contributed by atoms with Gasteiger partial charge in [0.2, 0.25) is 12.4 Å². The highest BCUT2D eigenvalue weighted by molar-refractivity contribution is 5.73. The molecular weight excluding hydrogens is 361 g/mol. The van der Waals surface area contributed by atoms with Crippen molar-refractivity contribution in [2.75, 3.05) is 5.73 Å². The van der Waals surface area contributed by atoms with E-state index in [1.807, 2.05) is 0 Å². The fourth-order valence-electron chi connectivity index (χ4n) is 2.45. The summed E-state index contributed by atoms with van der Waals surface area (Å²) in [5.74, 6) is -2.45. The minimum atomic E-state index is -2.38. The van der Waals surface area contributed by atoms with Crippen molar-refractivity contribution in [1.29, 1.82) is 0 Å². The van der Waals surface area contributed by atoms with Gasteiger partial charge in [0, 0.05) is 6.20 Å². The van der Waals surface area contributed by atoms with Crippen LogP contribution < -0.4 is 11.4 Å². The van der Waals surface area contributed by atoms with Gasteiger partial charge in [0.1, 0.15) is 5.82 Å². The van der Waals surface area contributed by atoms with Crippen LogP contribution >= 0.6 is 0 Å². The van der Waals surface area contributed by atoms with E-state index in [1.54, 1.807) is 27.7 Å². The first-order valence-electron chi connectivity index (χ1n) is 8.55. The molecule has 2 rings (SSSR count). The van der Waals surface area contributed by atoms with Gasteiger partial charge >= 0.3 is 17.6 Å². The van der Waals surface area contributed by atoms with Crippen LogP contribution in [0.3, 0.4) is 0 Å². The average Bonchev–Trinajstić information content (AvgIpc) is 2.78. The highest BCUT2D eigenvalue weighted by Gasteiger charge is 2.60. The lowest BCUT2D eigenvalue weighted by molar-refractivity contribution is -0.204. The Morgan fingerprint density at radius 3 is 2.33 bits per heavy atom. The molecule has 0 unspecified atom stereocenters. The molecule has 27 heavy (non-hydrogen) atoms. The zero-order valence-electron chi connectivity index (χ0n) is 15.8. The summed E-state index contributed by atoms with van der Waals surface area (Å²) >= 11 is 0. The Kier molecular flexibility index (Phi) is 5.88. The van der Waals surface area contributed by atoms with Gasteiger partial charge in [-0.2, -0.15) is 4.98 Å². The second kappa shape index (κ2) is 7.63. The number of alkyl halides is 1. The number of nitrogens with two attached hydrogens (primary N) is 1. The van der Waals surface area contributed by atoms with E-state index in [1.165, 1.54) is 12.3 Å². The lowest BCUT2D eigenvalue weighted by Gasteiger charge is -2.27. The molecule has 2 N–H and O–H groups in total. The Bertz CT molecular complexity index is 776. The predicted octanol–water partition coefficient (Wildman–Crippen LogP) is 1.18. The van der Waals surface area contributed by atoms with Gasteiger partial charge in [-0.25, -0.2) is 9.18 Å². The number of aromatic nitrogens is 2. The smallest absolute Gasteiger partial charge is 0.351 e. The van der Waals surface area contributed by atoms with Crippen molar-refractivity contribution in [1.82, 2.24) is 9.55 Å². The fraction of sp³-hybridized carbons (Fsp3) is 0.647. The number of carbonyl (C=O) groups excluding carboxylic acids is 2. The van der Waals surface area contributed by atoms with Crippen LogP contribution in [0.5, 0.6) is 0 Å². The molecule has 0 saturated carbocycles. The van der Waals surface area contributed by atoms with Gasteiger partial charge in [0.15, 0.2) is 11.9 Å². The number of esters is 2. The predicted molar refractivity (Wildman–Crippen MR) is 92.0 cm³/mol. The third-order valence-corrected chi connectivity index (χ3v) is 4.07. The standard InChI is InChI=1S/C17H24FN3O6/c1-8(2)12(22)25-11-14(26-13(23)9(3)4)27-15(17(11,5)18)21-7-6-10(19)20-16(21)24/h6-9,11,14-15H,1-5H3,(H2,19,20,24)/t11-,14+,15-,17-/m1/s1. The molecule has 1 aromatic heterocycles.